The first-order valence-corrected chi connectivity index (χ1v) is 7.64. The molecule has 1 aromatic heterocycles. The van der Waals surface area contributed by atoms with E-state index in [1.54, 1.807) is 0 Å². The highest BCUT2D eigenvalue weighted by Gasteiger charge is 2.55. The Balaban J connectivity index is 1.68. The number of nitrogens with two attached hydrogens (primary N) is 1. The van der Waals surface area contributed by atoms with Gasteiger partial charge in [0.05, 0.1) is 18.2 Å². The molecule has 0 spiro atoms. The van der Waals surface area contributed by atoms with Crippen molar-refractivity contribution < 1.29 is 5.11 Å². The van der Waals surface area contributed by atoms with E-state index >= 15 is 0 Å². The summed E-state index contributed by atoms with van der Waals surface area (Å²) >= 11 is 0. The smallest absolute Gasteiger partial charge is 0.103 e. The summed E-state index contributed by atoms with van der Waals surface area (Å²) in [4.78, 5) is 4.27. The number of hydrogen-bond acceptors (Lipinski definition) is 3. The molecule has 0 aliphatic heterocycles. The van der Waals surface area contributed by atoms with Crippen LogP contribution in [-0.2, 0) is 0 Å². The van der Waals surface area contributed by atoms with Crippen LogP contribution in [0.2, 0.25) is 0 Å². The molecule has 0 radical (unpaired) electrons. The number of aromatic nitrogens is 2. The first-order chi connectivity index (χ1) is 9.24. The third kappa shape index (κ3) is 1.62. The van der Waals surface area contributed by atoms with E-state index < -0.39 is 6.10 Å². The van der Waals surface area contributed by atoms with Gasteiger partial charge in [-0.05, 0) is 43.9 Å². The highest BCUT2D eigenvalue weighted by Crippen LogP contribution is 2.60. The van der Waals surface area contributed by atoms with Crippen LogP contribution < -0.4 is 5.73 Å². The van der Waals surface area contributed by atoms with E-state index in [1.807, 2.05) is 12.5 Å². The Morgan fingerprint density at radius 2 is 2.26 bits per heavy atom. The SMILES string of the molecule is NCC1(C(O)c2cncn2C2CC2)CC2CCC1C2. The van der Waals surface area contributed by atoms with Gasteiger partial charge in [-0.1, -0.05) is 6.42 Å². The summed E-state index contributed by atoms with van der Waals surface area (Å²) in [5.74, 6) is 1.40. The van der Waals surface area contributed by atoms with Crippen molar-refractivity contribution in [1.82, 2.24) is 9.55 Å². The van der Waals surface area contributed by atoms with Gasteiger partial charge in [-0.2, -0.15) is 0 Å². The normalized spacial score (nSPS) is 38.8. The molecular weight excluding hydrogens is 238 g/mol. The average molecular weight is 261 g/mol. The van der Waals surface area contributed by atoms with E-state index in [-0.39, 0.29) is 5.41 Å². The molecule has 3 saturated carbocycles. The van der Waals surface area contributed by atoms with Crippen molar-refractivity contribution in [3.63, 3.8) is 0 Å². The molecule has 3 fully saturated rings. The third-order valence-corrected chi connectivity index (χ3v) is 5.86. The molecule has 0 aromatic carbocycles. The van der Waals surface area contributed by atoms with Crippen LogP contribution in [-0.4, -0.2) is 21.2 Å². The van der Waals surface area contributed by atoms with Gasteiger partial charge in [-0.15, -0.1) is 0 Å². The fraction of sp³-hybridized carbons (Fsp3) is 0.800. The number of nitrogens with zero attached hydrogens (tertiary/aromatic N) is 2. The Labute approximate surface area is 114 Å². The lowest BCUT2D eigenvalue weighted by Crippen LogP contribution is -2.42. The number of aliphatic hydroxyl groups is 1. The van der Waals surface area contributed by atoms with E-state index in [9.17, 15) is 5.11 Å². The number of hydrogen-bond donors (Lipinski definition) is 2. The van der Waals surface area contributed by atoms with E-state index in [2.05, 4.69) is 9.55 Å². The molecule has 4 atom stereocenters. The van der Waals surface area contributed by atoms with Crippen LogP contribution in [0.1, 0.15) is 56.4 Å². The maximum Gasteiger partial charge on any atom is 0.103 e. The van der Waals surface area contributed by atoms with Crippen molar-refractivity contribution in [3.8, 4) is 0 Å². The molecule has 3 N–H and O–H groups in total. The zero-order chi connectivity index (χ0) is 13.0. The minimum atomic E-state index is -0.434. The lowest BCUT2D eigenvalue weighted by Gasteiger charge is -2.41. The number of aliphatic hydroxyl groups excluding tert-OH is 1. The molecule has 4 unspecified atom stereocenters. The van der Waals surface area contributed by atoms with Gasteiger partial charge in [0, 0.05) is 18.0 Å². The van der Waals surface area contributed by atoms with Gasteiger partial charge in [0.1, 0.15) is 6.10 Å². The topological polar surface area (TPSA) is 64.1 Å². The van der Waals surface area contributed by atoms with Gasteiger partial charge in [0.15, 0.2) is 0 Å². The number of fused-ring (bicyclic) bond motifs is 2. The van der Waals surface area contributed by atoms with E-state index in [0.29, 0.717) is 18.5 Å². The van der Waals surface area contributed by atoms with Crippen molar-refractivity contribution in [2.24, 2.45) is 23.0 Å². The minimum absolute atomic E-state index is 0.0877. The van der Waals surface area contributed by atoms with Crippen LogP contribution in [0.5, 0.6) is 0 Å². The van der Waals surface area contributed by atoms with E-state index in [0.717, 1.165) is 18.0 Å². The van der Waals surface area contributed by atoms with Crippen LogP contribution in [0.25, 0.3) is 0 Å². The Morgan fingerprint density at radius 3 is 2.84 bits per heavy atom. The van der Waals surface area contributed by atoms with E-state index in [1.165, 1.54) is 32.1 Å². The molecule has 19 heavy (non-hydrogen) atoms. The van der Waals surface area contributed by atoms with Crippen molar-refractivity contribution in [1.29, 1.82) is 0 Å². The van der Waals surface area contributed by atoms with Gasteiger partial charge in [0.2, 0.25) is 0 Å². The zero-order valence-corrected chi connectivity index (χ0v) is 11.3. The number of imidazole rings is 1. The molecule has 3 aliphatic carbocycles. The van der Waals surface area contributed by atoms with Gasteiger partial charge < -0.3 is 15.4 Å². The lowest BCUT2D eigenvalue weighted by atomic mass is 9.68. The predicted octanol–water partition coefficient (Wildman–Crippen LogP) is 2.02. The second kappa shape index (κ2) is 4.06. The quantitative estimate of drug-likeness (QED) is 0.871. The molecular formula is C15H23N3O. The molecule has 2 bridgehead atoms. The molecule has 4 heteroatoms. The van der Waals surface area contributed by atoms with Gasteiger partial charge in [-0.3, -0.25) is 0 Å². The molecule has 3 aliphatic rings. The maximum atomic E-state index is 11.0. The molecule has 0 saturated heterocycles. The van der Waals surface area contributed by atoms with Crippen molar-refractivity contribution in [3.05, 3.63) is 18.2 Å². The summed E-state index contributed by atoms with van der Waals surface area (Å²) in [6, 6.07) is 0.570. The fourth-order valence-corrected chi connectivity index (χ4v) is 4.66. The van der Waals surface area contributed by atoms with Gasteiger partial charge in [-0.25, -0.2) is 4.98 Å². The summed E-state index contributed by atoms with van der Waals surface area (Å²) in [6.07, 6.45) is 10.7. The van der Waals surface area contributed by atoms with Crippen LogP contribution in [0.4, 0.5) is 0 Å². The van der Waals surface area contributed by atoms with Crippen LogP contribution in [0.3, 0.4) is 0 Å². The first-order valence-electron chi connectivity index (χ1n) is 7.64. The lowest BCUT2D eigenvalue weighted by molar-refractivity contribution is -0.0179. The van der Waals surface area contributed by atoms with Crippen LogP contribution >= 0.6 is 0 Å². The van der Waals surface area contributed by atoms with Crippen LogP contribution in [0, 0.1) is 17.3 Å². The highest BCUT2D eigenvalue weighted by atomic mass is 16.3. The second-order valence-corrected chi connectivity index (χ2v) is 6.88. The largest absolute Gasteiger partial charge is 0.386 e. The van der Waals surface area contributed by atoms with Crippen molar-refractivity contribution >= 4 is 0 Å². The Bertz CT molecular complexity index is 481. The number of rotatable bonds is 4. The summed E-state index contributed by atoms with van der Waals surface area (Å²) in [5.41, 5.74) is 7.03. The maximum absolute atomic E-state index is 11.0. The fourth-order valence-electron chi connectivity index (χ4n) is 4.66. The van der Waals surface area contributed by atoms with Gasteiger partial charge in [0.25, 0.3) is 0 Å². The van der Waals surface area contributed by atoms with E-state index in [4.69, 9.17) is 5.73 Å². The van der Waals surface area contributed by atoms with Crippen molar-refractivity contribution in [2.75, 3.05) is 6.54 Å². The zero-order valence-electron chi connectivity index (χ0n) is 11.3. The molecule has 0 amide bonds. The molecule has 104 valence electrons. The summed E-state index contributed by atoms with van der Waals surface area (Å²) in [6.45, 7) is 0.602. The Morgan fingerprint density at radius 1 is 1.42 bits per heavy atom. The Kier molecular flexibility index (Phi) is 2.55. The molecule has 1 heterocycles. The summed E-state index contributed by atoms with van der Waals surface area (Å²) in [7, 11) is 0. The third-order valence-electron chi connectivity index (χ3n) is 5.86. The standard InChI is InChI=1S/C15H23N3O/c16-8-15(6-10-1-2-11(15)5-10)14(19)13-7-17-9-18(13)12-3-4-12/h7,9-12,14,19H,1-6,8,16H2. The predicted molar refractivity (Wildman–Crippen MR) is 72.4 cm³/mol. The minimum Gasteiger partial charge on any atom is -0.386 e. The molecule has 4 nitrogen and oxygen atoms in total. The molecule has 4 rings (SSSR count). The van der Waals surface area contributed by atoms with Crippen LogP contribution in [0.15, 0.2) is 12.5 Å². The highest BCUT2D eigenvalue weighted by molar-refractivity contribution is 5.16. The molecule has 1 aromatic rings. The van der Waals surface area contributed by atoms with Gasteiger partial charge >= 0.3 is 0 Å². The summed E-state index contributed by atoms with van der Waals surface area (Å²) in [5, 5.41) is 11.0. The summed E-state index contributed by atoms with van der Waals surface area (Å²) < 4.78 is 2.19. The monoisotopic (exact) mass is 261 g/mol. The van der Waals surface area contributed by atoms with Crippen molar-refractivity contribution in [2.45, 2.75) is 50.7 Å². The average Bonchev–Trinajstić information content (AvgIpc) is 2.91. The Hall–Kier alpha value is -0.870. The second-order valence-electron chi connectivity index (χ2n) is 6.88. The first kappa shape index (κ1) is 11.9.